The van der Waals surface area contributed by atoms with Gasteiger partial charge in [-0.1, -0.05) is 12.1 Å². The van der Waals surface area contributed by atoms with Crippen LogP contribution in [0, 0.1) is 0 Å². The number of hydrogen-bond donors (Lipinski definition) is 1. The molecule has 1 atom stereocenters. The zero-order valence-corrected chi connectivity index (χ0v) is 9.86. The Labute approximate surface area is 97.2 Å². The third-order valence-corrected chi connectivity index (χ3v) is 2.94. The first-order valence-electron chi connectivity index (χ1n) is 5.88. The Balaban J connectivity index is 1.84. The van der Waals surface area contributed by atoms with E-state index in [9.17, 15) is 0 Å². The fourth-order valence-electron chi connectivity index (χ4n) is 2.20. The molecule has 1 heterocycles. The normalized spacial score (nSPS) is 20.5. The minimum absolute atomic E-state index is 0.422. The quantitative estimate of drug-likeness (QED) is 0.787. The van der Waals surface area contributed by atoms with Crippen LogP contribution in [0.15, 0.2) is 24.3 Å². The van der Waals surface area contributed by atoms with E-state index in [0.29, 0.717) is 6.10 Å². The molecular formula is C13H20N2O. The molecule has 1 aromatic carbocycles. The average molecular weight is 220 g/mol. The Kier molecular flexibility index (Phi) is 3.80. The van der Waals surface area contributed by atoms with Crippen LogP contribution in [0.1, 0.15) is 18.4 Å². The number of hydrogen-bond acceptors (Lipinski definition) is 3. The molecule has 1 fully saturated rings. The SMILES string of the molecule is CN(Cc1cccc(N)c1)CC1CCCO1. The number of benzene rings is 1. The molecule has 2 N–H and O–H groups in total. The van der Waals surface area contributed by atoms with E-state index in [1.165, 1.54) is 18.4 Å². The molecule has 0 radical (unpaired) electrons. The fourth-order valence-corrected chi connectivity index (χ4v) is 2.20. The second-order valence-electron chi connectivity index (χ2n) is 4.58. The van der Waals surface area contributed by atoms with Gasteiger partial charge in [0.15, 0.2) is 0 Å². The van der Waals surface area contributed by atoms with Crippen LogP contribution < -0.4 is 5.73 Å². The van der Waals surface area contributed by atoms with Crippen LogP contribution in [0.25, 0.3) is 0 Å². The number of ether oxygens (including phenoxy) is 1. The van der Waals surface area contributed by atoms with Gasteiger partial charge in [0.2, 0.25) is 0 Å². The molecule has 1 aliphatic rings. The van der Waals surface area contributed by atoms with Gasteiger partial charge >= 0.3 is 0 Å². The van der Waals surface area contributed by atoms with Gasteiger partial charge in [-0.2, -0.15) is 0 Å². The van der Waals surface area contributed by atoms with E-state index in [1.807, 2.05) is 18.2 Å². The highest BCUT2D eigenvalue weighted by molar-refractivity contribution is 5.40. The summed E-state index contributed by atoms with van der Waals surface area (Å²) in [5.74, 6) is 0. The summed E-state index contributed by atoms with van der Waals surface area (Å²) in [4.78, 5) is 2.30. The molecule has 1 aliphatic heterocycles. The number of nitrogens with zero attached hydrogens (tertiary/aromatic N) is 1. The van der Waals surface area contributed by atoms with Crippen LogP contribution in [-0.2, 0) is 11.3 Å². The van der Waals surface area contributed by atoms with Crippen molar-refractivity contribution >= 4 is 5.69 Å². The van der Waals surface area contributed by atoms with E-state index in [4.69, 9.17) is 10.5 Å². The Morgan fingerprint density at radius 2 is 2.38 bits per heavy atom. The summed E-state index contributed by atoms with van der Waals surface area (Å²) in [5.41, 5.74) is 7.86. The van der Waals surface area contributed by atoms with Crippen LogP contribution in [0.4, 0.5) is 5.69 Å². The zero-order chi connectivity index (χ0) is 11.4. The van der Waals surface area contributed by atoms with Gasteiger partial charge in [-0.05, 0) is 37.6 Å². The van der Waals surface area contributed by atoms with E-state index in [-0.39, 0.29) is 0 Å². The first-order valence-corrected chi connectivity index (χ1v) is 5.88. The van der Waals surface area contributed by atoms with Gasteiger partial charge in [-0.25, -0.2) is 0 Å². The lowest BCUT2D eigenvalue weighted by Crippen LogP contribution is -2.28. The molecule has 2 rings (SSSR count). The summed E-state index contributed by atoms with van der Waals surface area (Å²) in [5, 5.41) is 0. The predicted octanol–water partition coefficient (Wildman–Crippen LogP) is 1.88. The predicted molar refractivity (Wildman–Crippen MR) is 66.2 cm³/mol. The molecule has 0 spiro atoms. The van der Waals surface area contributed by atoms with Crippen molar-refractivity contribution in [2.45, 2.75) is 25.5 Å². The van der Waals surface area contributed by atoms with Gasteiger partial charge < -0.3 is 10.5 Å². The van der Waals surface area contributed by atoms with Crippen LogP contribution in [-0.4, -0.2) is 31.2 Å². The van der Waals surface area contributed by atoms with Crippen molar-refractivity contribution in [3.8, 4) is 0 Å². The highest BCUT2D eigenvalue weighted by Crippen LogP contribution is 2.14. The van der Waals surface area contributed by atoms with E-state index in [0.717, 1.165) is 25.4 Å². The Morgan fingerprint density at radius 1 is 1.50 bits per heavy atom. The fraction of sp³-hybridized carbons (Fsp3) is 0.538. The monoisotopic (exact) mass is 220 g/mol. The molecule has 88 valence electrons. The maximum Gasteiger partial charge on any atom is 0.0702 e. The summed E-state index contributed by atoms with van der Waals surface area (Å²) in [6.45, 7) is 2.87. The van der Waals surface area contributed by atoms with Crippen molar-refractivity contribution in [3.05, 3.63) is 29.8 Å². The van der Waals surface area contributed by atoms with Crippen molar-refractivity contribution in [1.82, 2.24) is 4.90 Å². The number of rotatable bonds is 4. The van der Waals surface area contributed by atoms with Crippen LogP contribution in [0.3, 0.4) is 0 Å². The minimum atomic E-state index is 0.422. The molecule has 1 saturated heterocycles. The third-order valence-electron chi connectivity index (χ3n) is 2.94. The maximum absolute atomic E-state index is 5.75. The smallest absolute Gasteiger partial charge is 0.0702 e. The molecule has 1 aromatic rings. The zero-order valence-electron chi connectivity index (χ0n) is 9.86. The lowest BCUT2D eigenvalue weighted by atomic mass is 10.2. The van der Waals surface area contributed by atoms with Gasteiger partial charge in [-0.15, -0.1) is 0 Å². The van der Waals surface area contributed by atoms with Crippen molar-refractivity contribution < 1.29 is 4.74 Å². The topological polar surface area (TPSA) is 38.5 Å². The molecule has 0 saturated carbocycles. The van der Waals surface area contributed by atoms with Crippen molar-refractivity contribution in [3.63, 3.8) is 0 Å². The lowest BCUT2D eigenvalue weighted by molar-refractivity contribution is 0.0793. The molecule has 0 amide bonds. The van der Waals surface area contributed by atoms with E-state index < -0.39 is 0 Å². The molecule has 0 aliphatic carbocycles. The Morgan fingerprint density at radius 3 is 3.06 bits per heavy atom. The average Bonchev–Trinajstić information content (AvgIpc) is 2.70. The summed E-state index contributed by atoms with van der Waals surface area (Å²) in [7, 11) is 2.13. The summed E-state index contributed by atoms with van der Waals surface area (Å²) < 4.78 is 5.62. The van der Waals surface area contributed by atoms with Crippen LogP contribution in [0.5, 0.6) is 0 Å². The van der Waals surface area contributed by atoms with Gasteiger partial charge in [0.1, 0.15) is 0 Å². The van der Waals surface area contributed by atoms with E-state index >= 15 is 0 Å². The maximum atomic E-state index is 5.75. The van der Waals surface area contributed by atoms with Crippen molar-refractivity contribution in [2.75, 3.05) is 25.9 Å². The number of nitrogens with two attached hydrogens (primary N) is 1. The highest BCUT2D eigenvalue weighted by atomic mass is 16.5. The molecule has 3 nitrogen and oxygen atoms in total. The molecule has 1 unspecified atom stereocenters. The molecule has 0 bridgehead atoms. The van der Waals surface area contributed by atoms with E-state index in [2.05, 4.69) is 18.0 Å². The second kappa shape index (κ2) is 5.32. The summed E-state index contributed by atoms with van der Waals surface area (Å²) in [6, 6.07) is 8.07. The van der Waals surface area contributed by atoms with E-state index in [1.54, 1.807) is 0 Å². The second-order valence-corrected chi connectivity index (χ2v) is 4.58. The van der Waals surface area contributed by atoms with Gasteiger partial charge in [0.25, 0.3) is 0 Å². The first kappa shape index (κ1) is 11.4. The third kappa shape index (κ3) is 3.22. The number of likely N-dealkylation sites (N-methyl/N-ethyl adjacent to an activating group) is 1. The highest BCUT2D eigenvalue weighted by Gasteiger charge is 2.17. The van der Waals surface area contributed by atoms with Crippen LogP contribution in [0.2, 0.25) is 0 Å². The van der Waals surface area contributed by atoms with Crippen LogP contribution >= 0.6 is 0 Å². The molecule has 0 aromatic heterocycles. The Bertz CT molecular complexity index is 334. The van der Waals surface area contributed by atoms with Gasteiger partial charge in [0.05, 0.1) is 6.10 Å². The van der Waals surface area contributed by atoms with Crippen molar-refractivity contribution in [1.29, 1.82) is 0 Å². The first-order chi connectivity index (χ1) is 7.74. The molecule has 16 heavy (non-hydrogen) atoms. The largest absolute Gasteiger partial charge is 0.399 e. The summed E-state index contributed by atoms with van der Waals surface area (Å²) >= 11 is 0. The number of anilines is 1. The lowest BCUT2D eigenvalue weighted by Gasteiger charge is -2.20. The van der Waals surface area contributed by atoms with Gasteiger partial charge in [-0.3, -0.25) is 4.90 Å². The number of nitrogen functional groups attached to an aromatic ring is 1. The Hall–Kier alpha value is -1.06. The molecule has 3 heteroatoms. The molecular weight excluding hydrogens is 200 g/mol. The van der Waals surface area contributed by atoms with Crippen molar-refractivity contribution in [2.24, 2.45) is 0 Å². The standard InChI is InChI=1S/C13H20N2O/c1-15(10-13-6-3-7-16-13)9-11-4-2-5-12(14)8-11/h2,4-5,8,13H,3,6-7,9-10,14H2,1H3. The summed E-state index contributed by atoms with van der Waals surface area (Å²) in [6.07, 6.45) is 2.82. The minimum Gasteiger partial charge on any atom is -0.399 e. The van der Waals surface area contributed by atoms with Gasteiger partial charge in [0, 0.05) is 25.4 Å².